The Bertz CT molecular complexity index is 1350. The van der Waals surface area contributed by atoms with E-state index in [0.717, 1.165) is 17.0 Å². The van der Waals surface area contributed by atoms with Crippen LogP contribution in [-0.4, -0.2) is 65.2 Å². The minimum Gasteiger partial charge on any atom is -0.495 e. The first-order valence-corrected chi connectivity index (χ1v) is 14.3. The molecule has 3 aromatic carbocycles. The fraction of sp³-hybridized carbons (Fsp3) is 0.321. The van der Waals surface area contributed by atoms with Crippen LogP contribution in [-0.2, 0) is 21.2 Å². The average Bonchev–Trinajstić information content (AvgIpc) is 2.94. The van der Waals surface area contributed by atoms with Gasteiger partial charge in [0.05, 0.1) is 29.3 Å². The number of hydrogen-bond donors (Lipinski definition) is 1. The summed E-state index contributed by atoms with van der Waals surface area (Å²) in [6.07, 6.45) is 0.219. The smallest absolute Gasteiger partial charge is 0.241 e. The van der Waals surface area contributed by atoms with Gasteiger partial charge in [-0.25, -0.2) is 8.42 Å². The molecular formula is C28H32ClN3O5S. The fourth-order valence-electron chi connectivity index (χ4n) is 4.48. The summed E-state index contributed by atoms with van der Waals surface area (Å²) in [4.78, 5) is 17.5. The largest absolute Gasteiger partial charge is 0.495 e. The van der Waals surface area contributed by atoms with Crippen molar-refractivity contribution in [1.82, 2.24) is 9.62 Å². The number of ether oxygens (including phenoxy) is 2. The molecule has 1 aliphatic rings. The molecule has 8 nitrogen and oxygen atoms in total. The molecule has 4 rings (SSSR count). The van der Waals surface area contributed by atoms with Gasteiger partial charge in [-0.1, -0.05) is 54.1 Å². The summed E-state index contributed by atoms with van der Waals surface area (Å²) in [6.45, 7) is 4.34. The van der Waals surface area contributed by atoms with Crippen LogP contribution in [0.5, 0.6) is 11.5 Å². The van der Waals surface area contributed by atoms with Crippen molar-refractivity contribution in [1.29, 1.82) is 0 Å². The maximum absolute atomic E-state index is 13.7. The van der Waals surface area contributed by atoms with E-state index in [2.05, 4.69) is 9.62 Å². The predicted octanol–water partition coefficient (Wildman–Crippen LogP) is 3.99. The minimum atomic E-state index is -4.04. The molecule has 0 aliphatic carbocycles. The van der Waals surface area contributed by atoms with E-state index in [1.807, 2.05) is 61.5 Å². The third-order valence-electron chi connectivity index (χ3n) is 6.41. The molecule has 0 saturated carbocycles. The van der Waals surface area contributed by atoms with Crippen LogP contribution in [0.1, 0.15) is 12.5 Å². The van der Waals surface area contributed by atoms with E-state index in [9.17, 15) is 13.2 Å². The molecule has 1 heterocycles. The van der Waals surface area contributed by atoms with Gasteiger partial charge >= 0.3 is 0 Å². The molecule has 0 radical (unpaired) electrons. The third kappa shape index (κ3) is 6.59. The van der Waals surface area contributed by atoms with E-state index < -0.39 is 16.1 Å². The first-order valence-electron chi connectivity index (χ1n) is 12.5. The van der Waals surface area contributed by atoms with Crippen LogP contribution in [0.3, 0.4) is 0 Å². The van der Waals surface area contributed by atoms with E-state index in [4.69, 9.17) is 21.1 Å². The molecule has 38 heavy (non-hydrogen) atoms. The van der Waals surface area contributed by atoms with Crippen LogP contribution in [0, 0.1) is 0 Å². The van der Waals surface area contributed by atoms with Gasteiger partial charge < -0.3 is 19.3 Å². The number of benzene rings is 3. The van der Waals surface area contributed by atoms with Crippen LogP contribution in [0.25, 0.3) is 0 Å². The molecule has 1 saturated heterocycles. The van der Waals surface area contributed by atoms with E-state index >= 15 is 0 Å². The zero-order valence-corrected chi connectivity index (χ0v) is 23.0. The van der Waals surface area contributed by atoms with Crippen LogP contribution in [0.15, 0.2) is 77.7 Å². The maximum Gasteiger partial charge on any atom is 0.241 e. The molecule has 1 atom stereocenters. The molecule has 1 fully saturated rings. The highest BCUT2D eigenvalue weighted by Gasteiger charge is 2.32. The Morgan fingerprint density at radius 3 is 2.32 bits per heavy atom. The summed E-state index contributed by atoms with van der Waals surface area (Å²) in [7, 11) is -2.41. The zero-order valence-electron chi connectivity index (χ0n) is 21.5. The summed E-state index contributed by atoms with van der Waals surface area (Å²) in [5.41, 5.74) is 1.82. The normalized spacial score (nSPS) is 14.7. The lowest BCUT2D eigenvalue weighted by Gasteiger charge is -2.38. The number of rotatable bonds is 10. The zero-order chi connectivity index (χ0) is 27.1. The first kappa shape index (κ1) is 27.8. The second kappa shape index (κ2) is 12.5. The van der Waals surface area contributed by atoms with Crippen molar-refractivity contribution in [3.63, 3.8) is 0 Å². The van der Waals surface area contributed by atoms with Gasteiger partial charge in [-0.05, 0) is 49.2 Å². The number of anilines is 1. The Kier molecular flexibility index (Phi) is 9.14. The molecule has 1 N–H and O–H groups in total. The lowest BCUT2D eigenvalue weighted by Crippen LogP contribution is -2.55. The predicted molar refractivity (Wildman–Crippen MR) is 149 cm³/mol. The topological polar surface area (TPSA) is 88.2 Å². The highest BCUT2D eigenvalue weighted by molar-refractivity contribution is 7.89. The van der Waals surface area contributed by atoms with Crippen molar-refractivity contribution in [2.45, 2.75) is 24.3 Å². The number of piperazine rings is 1. The number of nitrogens with one attached hydrogen (secondary N) is 1. The molecule has 1 aliphatic heterocycles. The van der Waals surface area contributed by atoms with Crippen LogP contribution >= 0.6 is 11.6 Å². The SMILES string of the molecule is CCOc1ccc(S(=O)(=O)NC(Cc2ccccc2)C(=O)N2CCN(c3ccccc3OC)CC2)cc1Cl. The van der Waals surface area contributed by atoms with Crippen LogP contribution < -0.4 is 19.1 Å². The molecule has 10 heteroatoms. The second-order valence-corrected chi connectivity index (χ2v) is 11.0. The van der Waals surface area contributed by atoms with E-state index in [0.29, 0.717) is 38.5 Å². The van der Waals surface area contributed by atoms with Gasteiger partial charge in [0.25, 0.3) is 0 Å². The molecule has 0 spiro atoms. The Hall–Kier alpha value is -3.27. The molecule has 0 aromatic heterocycles. The van der Waals surface area contributed by atoms with Crippen molar-refractivity contribution < 1.29 is 22.7 Å². The molecule has 202 valence electrons. The van der Waals surface area contributed by atoms with Gasteiger partial charge in [-0.2, -0.15) is 4.72 Å². The van der Waals surface area contributed by atoms with E-state index in [1.165, 1.54) is 18.2 Å². The highest BCUT2D eigenvalue weighted by atomic mass is 35.5. The summed E-state index contributed by atoms with van der Waals surface area (Å²) in [5, 5.41) is 0.188. The van der Waals surface area contributed by atoms with Crippen LogP contribution in [0.4, 0.5) is 5.69 Å². The monoisotopic (exact) mass is 557 g/mol. The van der Waals surface area contributed by atoms with Crippen molar-refractivity contribution >= 4 is 33.2 Å². The standard InChI is InChI=1S/C28H32ClN3O5S/c1-3-37-26-14-13-22(20-23(26)29)38(34,35)30-24(19-21-9-5-4-6-10-21)28(33)32-17-15-31(16-18-32)25-11-7-8-12-27(25)36-2/h4-14,20,24,30H,3,15-19H2,1-2H3. The fourth-order valence-corrected chi connectivity index (χ4v) is 6.00. The number of nitrogens with zero attached hydrogens (tertiary/aromatic N) is 2. The van der Waals surface area contributed by atoms with Crippen molar-refractivity contribution in [3.8, 4) is 11.5 Å². The quantitative estimate of drug-likeness (QED) is 0.406. The van der Waals surface area contributed by atoms with Crippen molar-refractivity contribution in [2.75, 3.05) is 44.8 Å². The summed E-state index contributed by atoms with van der Waals surface area (Å²) in [5.74, 6) is 0.906. The van der Waals surface area contributed by atoms with Gasteiger partial charge in [-0.3, -0.25) is 4.79 Å². The Morgan fingerprint density at radius 2 is 1.66 bits per heavy atom. The Labute approximate surface area is 229 Å². The average molecular weight is 558 g/mol. The number of carbonyl (C=O) groups excluding carboxylic acids is 1. The molecule has 1 amide bonds. The maximum atomic E-state index is 13.7. The number of para-hydroxylation sites is 2. The Morgan fingerprint density at radius 1 is 0.974 bits per heavy atom. The minimum absolute atomic E-state index is 0.0298. The first-order chi connectivity index (χ1) is 18.3. The van der Waals surface area contributed by atoms with Gasteiger partial charge in [-0.15, -0.1) is 0 Å². The summed E-state index contributed by atoms with van der Waals surface area (Å²) < 4.78 is 40.2. The number of methoxy groups -OCH3 is 1. The number of carbonyl (C=O) groups is 1. The number of amides is 1. The number of halogens is 1. The number of hydrogen-bond acceptors (Lipinski definition) is 6. The molecule has 1 unspecified atom stereocenters. The lowest BCUT2D eigenvalue weighted by atomic mass is 10.1. The summed E-state index contributed by atoms with van der Waals surface area (Å²) in [6, 6.07) is 20.4. The van der Waals surface area contributed by atoms with Crippen molar-refractivity contribution in [2.24, 2.45) is 0 Å². The van der Waals surface area contributed by atoms with Gasteiger partial charge in [0.15, 0.2) is 0 Å². The van der Waals surface area contributed by atoms with Gasteiger partial charge in [0.1, 0.15) is 17.5 Å². The second-order valence-electron chi connectivity index (χ2n) is 8.87. The lowest BCUT2D eigenvalue weighted by molar-refractivity contribution is -0.133. The number of sulfonamides is 1. The highest BCUT2D eigenvalue weighted by Crippen LogP contribution is 2.29. The molecule has 3 aromatic rings. The summed E-state index contributed by atoms with van der Waals surface area (Å²) >= 11 is 6.24. The third-order valence-corrected chi connectivity index (χ3v) is 8.17. The van der Waals surface area contributed by atoms with Gasteiger partial charge in [0.2, 0.25) is 15.9 Å². The van der Waals surface area contributed by atoms with Gasteiger partial charge in [0, 0.05) is 26.2 Å². The van der Waals surface area contributed by atoms with E-state index in [-0.39, 0.29) is 22.2 Å². The van der Waals surface area contributed by atoms with Crippen LogP contribution in [0.2, 0.25) is 5.02 Å². The van der Waals surface area contributed by atoms with E-state index in [1.54, 1.807) is 12.0 Å². The Balaban J connectivity index is 1.52. The molecule has 0 bridgehead atoms. The molecular weight excluding hydrogens is 526 g/mol. The van der Waals surface area contributed by atoms with Crippen molar-refractivity contribution in [3.05, 3.63) is 83.4 Å².